The van der Waals surface area contributed by atoms with E-state index in [-0.39, 0.29) is 0 Å². The summed E-state index contributed by atoms with van der Waals surface area (Å²) in [4.78, 5) is 21.7. The normalized spacial score (nSPS) is 7.00. The van der Waals surface area contributed by atoms with E-state index in [1.54, 1.807) is 0 Å². The zero-order valence-electron chi connectivity index (χ0n) is 2.61. The van der Waals surface area contributed by atoms with Crippen LogP contribution in [0, 0.1) is 0 Å². The summed E-state index contributed by atoms with van der Waals surface area (Å²) in [5, 5.41) is 0. The van der Waals surface area contributed by atoms with Crippen molar-refractivity contribution in [2.24, 2.45) is 0 Å². The third kappa shape index (κ3) is 184. The molecule has 0 aromatic heterocycles. The van der Waals surface area contributed by atoms with Gasteiger partial charge in [-0.2, -0.15) is 0 Å². The highest BCUT2D eigenvalue weighted by Gasteiger charge is 1.76. The minimum atomic E-state index is -2.62. The van der Waals surface area contributed by atoms with Gasteiger partial charge in [0, 0.05) is 0 Å². The number of hydrogen-bond acceptors (Lipinski definition) is 4. The van der Waals surface area contributed by atoms with E-state index in [0.717, 1.165) is 0 Å². The van der Waals surface area contributed by atoms with Crippen LogP contribution in [-0.2, 0) is 0 Å². The molecule has 0 aromatic rings. The van der Waals surface area contributed by atoms with Crippen molar-refractivity contribution in [1.29, 1.82) is 0 Å². The first-order chi connectivity index (χ1) is 2.73. The van der Waals surface area contributed by atoms with Crippen molar-refractivity contribution in [3.05, 3.63) is 0 Å². The van der Waals surface area contributed by atoms with E-state index in [2.05, 4.69) is 11.9 Å². The highest BCUT2D eigenvalue weighted by Crippen LogP contribution is 2.11. The molecule has 0 aliphatic carbocycles. The molecule has 4 N–H and O–H groups in total. The quantitative estimate of drug-likeness (QED) is 0.331. The summed E-state index contributed by atoms with van der Waals surface area (Å²) in [6.45, 7) is 0. The van der Waals surface area contributed by atoms with E-state index in [1.165, 1.54) is 0 Å². The molecule has 0 atom stereocenters. The maximum Gasteiger partial charge on any atom is 0.324 e. The van der Waals surface area contributed by atoms with E-state index < -0.39 is 8.60 Å². The van der Waals surface area contributed by atoms with Gasteiger partial charge < -0.3 is 14.7 Å². The average Bonchev–Trinajstić information content (AvgIpc) is 1.41. The van der Waals surface area contributed by atoms with Crippen LogP contribution in [0.15, 0.2) is 0 Å². The predicted octanol–water partition coefficient (Wildman–Crippen LogP) is -0.677. The molecule has 0 amide bonds. The van der Waals surface area contributed by atoms with Gasteiger partial charge in [0.1, 0.15) is 0 Å². The van der Waals surface area contributed by atoms with Gasteiger partial charge in [0.2, 0.25) is 0 Å². The fourth-order valence-electron chi connectivity index (χ4n) is 0. The molecular formula is H4ClO4P. The van der Waals surface area contributed by atoms with E-state index in [4.69, 9.17) is 19.3 Å². The van der Waals surface area contributed by atoms with Crippen molar-refractivity contribution in [2.75, 3.05) is 0 Å². The molecule has 0 aliphatic heterocycles. The summed E-state index contributed by atoms with van der Waals surface area (Å²) in [6.07, 6.45) is 0. The van der Waals surface area contributed by atoms with Gasteiger partial charge in [-0.05, 0) is 0 Å². The summed E-state index contributed by atoms with van der Waals surface area (Å²) in [7, 11) is -2.62. The molecule has 40 valence electrons. The fourth-order valence-corrected chi connectivity index (χ4v) is 0. The summed E-state index contributed by atoms with van der Waals surface area (Å²) >= 11 is 3.64. The smallest absolute Gasteiger partial charge is 0.324 e. The van der Waals surface area contributed by atoms with E-state index in [1.807, 2.05) is 0 Å². The third-order valence-corrected chi connectivity index (χ3v) is 0. The largest absolute Gasteiger partial charge is 0.328 e. The fraction of sp³-hybridized carbons (Fsp3) is 0. The average molecular weight is 134 g/mol. The van der Waals surface area contributed by atoms with Crippen molar-refractivity contribution in [2.45, 2.75) is 0 Å². The zero-order chi connectivity index (χ0) is 5.58. The van der Waals surface area contributed by atoms with Gasteiger partial charge in [-0.25, -0.2) is 0 Å². The number of hydrogen-bond donors (Lipinski definition) is 4. The van der Waals surface area contributed by atoms with Crippen LogP contribution < -0.4 is 0 Å². The van der Waals surface area contributed by atoms with Gasteiger partial charge in [0.25, 0.3) is 0 Å². The summed E-state index contributed by atoms with van der Waals surface area (Å²) < 4.78 is 6.47. The molecule has 0 bridgehead atoms. The second-order valence-electron chi connectivity index (χ2n) is 0.268. The SMILES string of the molecule is OCl.OP(O)O. The van der Waals surface area contributed by atoms with Crippen LogP contribution in [0.25, 0.3) is 0 Å². The third-order valence-electron chi connectivity index (χ3n) is 0. The minimum absolute atomic E-state index is 2.62. The van der Waals surface area contributed by atoms with Gasteiger partial charge in [-0.15, -0.1) is 0 Å². The molecule has 0 saturated heterocycles. The molecule has 0 unspecified atom stereocenters. The van der Waals surface area contributed by atoms with Crippen molar-refractivity contribution in [1.82, 2.24) is 0 Å². The standard InChI is InChI=1S/ClHO.H3O3P/c1-2;1-4(2)3/h2H;1-3H. The van der Waals surface area contributed by atoms with E-state index in [9.17, 15) is 0 Å². The topological polar surface area (TPSA) is 80.9 Å². The lowest BCUT2D eigenvalue weighted by molar-refractivity contribution is 0.368. The molecular weight excluding hydrogens is 130 g/mol. The lowest BCUT2D eigenvalue weighted by atomic mass is 15.8. The van der Waals surface area contributed by atoms with Crippen LogP contribution in [0.3, 0.4) is 0 Å². The molecule has 6 heteroatoms. The second-order valence-corrected chi connectivity index (χ2v) is 0.805. The van der Waals surface area contributed by atoms with Gasteiger partial charge in [-0.1, -0.05) is 0 Å². The van der Waals surface area contributed by atoms with Crippen LogP contribution in [0.1, 0.15) is 0 Å². The molecule has 0 saturated carbocycles. The van der Waals surface area contributed by atoms with Crippen molar-refractivity contribution in [3.63, 3.8) is 0 Å². The van der Waals surface area contributed by atoms with Gasteiger partial charge in [0.15, 0.2) is 0 Å². The van der Waals surface area contributed by atoms with E-state index >= 15 is 0 Å². The van der Waals surface area contributed by atoms with E-state index in [0.29, 0.717) is 0 Å². The molecule has 0 aromatic carbocycles. The Balaban J connectivity index is 0. The maximum atomic E-state index is 7.23. The molecule has 0 aliphatic rings. The van der Waals surface area contributed by atoms with Crippen LogP contribution in [0.4, 0.5) is 0 Å². The van der Waals surface area contributed by atoms with Crippen molar-refractivity contribution < 1.29 is 19.3 Å². The minimum Gasteiger partial charge on any atom is -0.328 e. The summed E-state index contributed by atoms with van der Waals surface area (Å²) in [6, 6.07) is 0. The highest BCUT2D eigenvalue weighted by molar-refractivity contribution is 7.38. The Morgan fingerprint density at radius 3 is 1.00 bits per heavy atom. The lowest BCUT2D eigenvalue weighted by Gasteiger charge is -1.76. The Hall–Kier alpha value is 0.560. The Kier molecular flexibility index (Phi) is 14.8. The van der Waals surface area contributed by atoms with Crippen LogP contribution >= 0.6 is 20.5 Å². The van der Waals surface area contributed by atoms with Crippen LogP contribution in [-0.4, -0.2) is 19.3 Å². The Labute approximate surface area is 40.8 Å². The molecule has 6 heavy (non-hydrogen) atoms. The molecule has 0 spiro atoms. The first kappa shape index (κ1) is 9.75. The monoisotopic (exact) mass is 134 g/mol. The molecule has 0 fully saturated rings. The molecule has 0 radical (unpaired) electrons. The Bertz CT molecular complexity index is 12.3. The lowest BCUT2D eigenvalue weighted by Crippen LogP contribution is -1.54. The first-order valence-corrected chi connectivity index (χ1v) is 2.31. The Morgan fingerprint density at radius 2 is 1.00 bits per heavy atom. The first-order valence-electron chi connectivity index (χ1n) is 0.769. The predicted molar refractivity (Wildman–Crippen MR) is 21.6 cm³/mol. The maximum absolute atomic E-state index is 7.23. The Morgan fingerprint density at radius 1 is 1.00 bits per heavy atom. The number of rotatable bonds is 0. The molecule has 0 heterocycles. The molecule has 0 rings (SSSR count). The summed E-state index contributed by atoms with van der Waals surface area (Å²) in [5.41, 5.74) is 0. The van der Waals surface area contributed by atoms with Crippen molar-refractivity contribution >= 4 is 20.5 Å². The number of halogens is 1. The van der Waals surface area contributed by atoms with Gasteiger partial charge in [-0.3, -0.25) is 4.66 Å². The zero-order valence-corrected chi connectivity index (χ0v) is 4.26. The highest BCUT2D eigenvalue weighted by atomic mass is 35.5. The van der Waals surface area contributed by atoms with Crippen molar-refractivity contribution in [3.8, 4) is 0 Å². The van der Waals surface area contributed by atoms with Gasteiger partial charge in [0.05, 0.1) is 11.9 Å². The summed E-state index contributed by atoms with van der Waals surface area (Å²) in [5.74, 6) is 0. The molecule has 4 nitrogen and oxygen atoms in total. The van der Waals surface area contributed by atoms with Crippen LogP contribution in [0.2, 0.25) is 0 Å². The van der Waals surface area contributed by atoms with Crippen LogP contribution in [0.5, 0.6) is 0 Å². The second kappa shape index (κ2) is 9.12. The van der Waals surface area contributed by atoms with Gasteiger partial charge >= 0.3 is 8.60 Å².